The maximum Gasteiger partial charge on any atom is 0.259 e. The molecule has 2 aromatic rings. The van der Waals surface area contributed by atoms with Crippen LogP contribution >= 0.6 is 0 Å². The first kappa shape index (κ1) is 12.8. The maximum atomic E-state index is 12.2. The Morgan fingerprint density at radius 3 is 2.75 bits per heavy atom. The van der Waals surface area contributed by atoms with Gasteiger partial charge in [0.05, 0.1) is 18.8 Å². The molecule has 0 aromatic carbocycles. The van der Waals surface area contributed by atoms with Crippen molar-refractivity contribution in [2.45, 2.75) is 6.92 Å². The second-order valence-electron chi connectivity index (χ2n) is 4.84. The van der Waals surface area contributed by atoms with Gasteiger partial charge in [0.25, 0.3) is 5.56 Å². The summed E-state index contributed by atoms with van der Waals surface area (Å²) in [7, 11) is 0. The van der Waals surface area contributed by atoms with Gasteiger partial charge in [-0.2, -0.15) is 0 Å². The lowest BCUT2D eigenvalue weighted by atomic mass is 10.2. The number of hydrogen-bond acceptors (Lipinski definition) is 5. The Hall–Kier alpha value is -2.21. The van der Waals surface area contributed by atoms with Gasteiger partial charge in [0.15, 0.2) is 11.9 Å². The third-order valence-electron chi connectivity index (χ3n) is 3.37. The van der Waals surface area contributed by atoms with Gasteiger partial charge >= 0.3 is 0 Å². The molecule has 0 radical (unpaired) electrons. The molecule has 0 bridgehead atoms. The summed E-state index contributed by atoms with van der Waals surface area (Å²) in [5.74, 6) is 0.602. The van der Waals surface area contributed by atoms with Crippen molar-refractivity contribution in [1.29, 1.82) is 0 Å². The minimum atomic E-state index is -0.178. The molecule has 1 aliphatic rings. The normalized spacial score (nSPS) is 15.6. The largest absolute Gasteiger partial charge is 0.378 e. The summed E-state index contributed by atoms with van der Waals surface area (Å²) in [5, 5.41) is 0. The molecular weight excluding hydrogens is 258 g/mol. The van der Waals surface area contributed by atoms with E-state index >= 15 is 0 Å². The van der Waals surface area contributed by atoms with Crippen molar-refractivity contribution in [3.63, 3.8) is 0 Å². The number of aromatic nitrogens is 2. The number of aldehydes is 1. The summed E-state index contributed by atoms with van der Waals surface area (Å²) >= 11 is 0. The number of aryl methyl sites for hydroxylation is 1. The highest BCUT2D eigenvalue weighted by Crippen LogP contribution is 2.14. The molecule has 3 rings (SSSR count). The Morgan fingerprint density at radius 1 is 1.30 bits per heavy atom. The van der Waals surface area contributed by atoms with E-state index in [4.69, 9.17) is 4.74 Å². The predicted octanol–water partition coefficient (Wildman–Crippen LogP) is 0.652. The van der Waals surface area contributed by atoms with E-state index in [0.29, 0.717) is 43.3 Å². The highest BCUT2D eigenvalue weighted by atomic mass is 16.5. The molecule has 0 spiro atoms. The first-order chi connectivity index (χ1) is 9.69. The van der Waals surface area contributed by atoms with Gasteiger partial charge in [-0.25, -0.2) is 4.98 Å². The Bertz CT molecular complexity index is 717. The molecule has 0 N–H and O–H groups in total. The van der Waals surface area contributed by atoms with Gasteiger partial charge in [0, 0.05) is 25.4 Å². The monoisotopic (exact) mass is 273 g/mol. The fourth-order valence-electron chi connectivity index (χ4n) is 2.40. The lowest BCUT2D eigenvalue weighted by Gasteiger charge is -2.27. The Balaban J connectivity index is 2.19. The smallest absolute Gasteiger partial charge is 0.259 e. The minimum Gasteiger partial charge on any atom is -0.378 e. The Labute approximate surface area is 115 Å². The van der Waals surface area contributed by atoms with Gasteiger partial charge in [-0.1, -0.05) is 0 Å². The topological polar surface area (TPSA) is 63.9 Å². The molecule has 1 aliphatic heterocycles. The molecule has 20 heavy (non-hydrogen) atoms. The third kappa shape index (κ3) is 2.18. The van der Waals surface area contributed by atoms with Gasteiger partial charge in [0.1, 0.15) is 5.82 Å². The SMILES string of the molecule is Cc1cc(C=O)c2nc(N3CCOCC3)cc(=O)n2c1. The van der Waals surface area contributed by atoms with Crippen LogP contribution in [0.4, 0.5) is 5.82 Å². The van der Waals surface area contributed by atoms with E-state index in [1.165, 1.54) is 10.5 Å². The zero-order valence-corrected chi connectivity index (χ0v) is 11.2. The summed E-state index contributed by atoms with van der Waals surface area (Å²) in [6.07, 6.45) is 2.43. The number of carbonyl (C=O) groups is 1. The molecule has 0 atom stereocenters. The first-order valence-electron chi connectivity index (χ1n) is 6.51. The highest BCUT2D eigenvalue weighted by Gasteiger charge is 2.15. The quantitative estimate of drug-likeness (QED) is 0.752. The number of ether oxygens (including phenoxy) is 1. The van der Waals surface area contributed by atoms with Crippen LogP contribution in [0.2, 0.25) is 0 Å². The average molecular weight is 273 g/mol. The number of anilines is 1. The fourth-order valence-corrected chi connectivity index (χ4v) is 2.40. The molecule has 6 heteroatoms. The molecule has 1 saturated heterocycles. The van der Waals surface area contributed by atoms with Crippen LogP contribution in [-0.4, -0.2) is 42.0 Å². The number of pyridine rings is 1. The second-order valence-corrected chi connectivity index (χ2v) is 4.84. The van der Waals surface area contributed by atoms with Crippen molar-refractivity contribution in [2.24, 2.45) is 0 Å². The van der Waals surface area contributed by atoms with Crippen LogP contribution < -0.4 is 10.5 Å². The van der Waals surface area contributed by atoms with E-state index in [2.05, 4.69) is 4.98 Å². The average Bonchev–Trinajstić information content (AvgIpc) is 2.48. The predicted molar refractivity (Wildman–Crippen MR) is 74.6 cm³/mol. The van der Waals surface area contributed by atoms with Gasteiger partial charge in [-0.15, -0.1) is 0 Å². The standard InChI is InChI=1S/C14H15N3O3/c1-10-6-11(9-18)14-15-12(7-13(19)17(14)8-10)16-2-4-20-5-3-16/h6-9H,2-5H2,1H3. The van der Waals surface area contributed by atoms with E-state index in [0.717, 1.165) is 11.8 Å². The van der Waals surface area contributed by atoms with Gasteiger partial charge in [-0.3, -0.25) is 14.0 Å². The van der Waals surface area contributed by atoms with Gasteiger partial charge in [0.2, 0.25) is 0 Å². The number of fused-ring (bicyclic) bond motifs is 1. The van der Waals surface area contributed by atoms with E-state index in [9.17, 15) is 9.59 Å². The summed E-state index contributed by atoms with van der Waals surface area (Å²) in [6, 6.07) is 3.24. The van der Waals surface area contributed by atoms with E-state index < -0.39 is 0 Å². The van der Waals surface area contributed by atoms with Crippen LogP contribution in [0.3, 0.4) is 0 Å². The van der Waals surface area contributed by atoms with Crippen molar-refractivity contribution >= 4 is 17.8 Å². The summed E-state index contributed by atoms with van der Waals surface area (Å²) in [6.45, 7) is 4.48. The first-order valence-corrected chi connectivity index (χ1v) is 6.51. The zero-order chi connectivity index (χ0) is 14.1. The molecule has 0 saturated carbocycles. The van der Waals surface area contributed by atoms with Crippen LogP contribution in [0, 0.1) is 6.92 Å². The molecule has 104 valence electrons. The maximum absolute atomic E-state index is 12.2. The molecule has 0 aliphatic carbocycles. The van der Waals surface area contributed by atoms with E-state index in [1.54, 1.807) is 12.3 Å². The fraction of sp³-hybridized carbons (Fsp3) is 0.357. The van der Waals surface area contributed by atoms with Crippen molar-refractivity contribution in [3.05, 3.63) is 39.8 Å². The van der Waals surface area contributed by atoms with Crippen molar-refractivity contribution < 1.29 is 9.53 Å². The molecule has 3 heterocycles. The molecule has 2 aromatic heterocycles. The number of hydrogen-bond donors (Lipinski definition) is 0. The molecule has 0 amide bonds. The lowest BCUT2D eigenvalue weighted by Crippen LogP contribution is -2.37. The zero-order valence-electron chi connectivity index (χ0n) is 11.2. The number of nitrogens with zero attached hydrogens (tertiary/aromatic N) is 3. The van der Waals surface area contributed by atoms with Crippen molar-refractivity contribution in [1.82, 2.24) is 9.38 Å². The minimum absolute atomic E-state index is 0.178. The van der Waals surface area contributed by atoms with Crippen LogP contribution in [-0.2, 0) is 4.74 Å². The molecule has 1 fully saturated rings. The summed E-state index contributed by atoms with van der Waals surface area (Å²) in [4.78, 5) is 29.9. The van der Waals surface area contributed by atoms with E-state index in [1.807, 2.05) is 11.8 Å². The Kier molecular flexibility index (Phi) is 3.23. The van der Waals surface area contributed by atoms with E-state index in [-0.39, 0.29) is 5.56 Å². The van der Waals surface area contributed by atoms with Gasteiger partial charge in [-0.05, 0) is 18.6 Å². The number of carbonyl (C=O) groups excluding carboxylic acids is 1. The lowest BCUT2D eigenvalue weighted by molar-refractivity contribution is 0.112. The van der Waals surface area contributed by atoms with Crippen LogP contribution in [0.1, 0.15) is 15.9 Å². The highest BCUT2D eigenvalue weighted by molar-refractivity contribution is 5.84. The van der Waals surface area contributed by atoms with Crippen molar-refractivity contribution in [3.8, 4) is 0 Å². The molecular formula is C14H15N3O3. The van der Waals surface area contributed by atoms with Crippen LogP contribution in [0.25, 0.3) is 5.65 Å². The summed E-state index contributed by atoms with van der Waals surface area (Å²) < 4.78 is 6.71. The van der Waals surface area contributed by atoms with Crippen LogP contribution in [0.5, 0.6) is 0 Å². The second kappa shape index (κ2) is 5.05. The van der Waals surface area contributed by atoms with Crippen molar-refractivity contribution in [2.75, 3.05) is 31.2 Å². The van der Waals surface area contributed by atoms with Crippen LogP contribution in [0.15, 0.2) is 23.1 Å². The number of morpholine rings is 1. The number of rotatable bonds is 2. The molecule has 6 nitrogen and oxygen atoms in total. The van der Waals surface area contributed by atoms with Gasteiger partial charge < -0.3 is 9.64 Å². The molecule has 0 unspecified atom stereocenters. The summed E-state index contributed by atoms with van der Waals surface area (Å²) in [5.41, 5.74) is 1.50. The Morgan fingerprint density at radius 2 is 2.05 bits per heavy atom. The third-order valence-corrected chi connectivity index (χ3v) is 3.37.